The van der Waals surface area contributed by atoms with Gasteiger partial charge in [0.25, 0.3) is 0 Å². The van der Waals surface area contributed by atoms with Gasteiger partial charge in [0, 0.05) is 47.6 Å². The van der Waals surface area contributed by atoms with Gasteiger partial charge in [0.2, 0.25) is 12.4 Å². The first-order chi connectivity index (χ1) is 29.5. The van der Waals surface area contributed by atoms with Crippen molar-refractivity contribution in [2.75, 3.05) is 133 Å². The van der Waals surface area contributed by atoms with Crippen LogP contribution in [0.3, 0.4) is 0 Å². The molecule has 0 aliphatic carbocycles. The van der Waals surface area contributed by atoms with Gasteiger partial charge < -0.3 is 71.1 Å². The van der Waals surface area contributed by atoms with Gasteiger partial charge in [-0.25, -0.2) is 4.79 Å². The zero-order chi connectivity index (χ0) is 44.7. The van der Waals surface area contributed by atoms with Crippen LogP contribution in [-0.2, 0) is 87.3 Å². The van der Waals surface area contributed by atoms with Gasteiger partial charge in [-0.1, -0.05) is 6.07 Å². The molecule has 1 aliphatic heterocycles. The monoisotopic (exact) mass is 880 g/mol. The van der Waals surface area contributed by atoms with Crippen LogP contribution in [0.4, 0.5) is 10.5 Å². The maximum Gasteiger partial charge on any atom is 0.412 e. The van der Waals surface area contributed by atoms with E-state index in [4.69, 9.17) is 71.1 Å². The number of benzene rings is 1. The lowest BCUT2D eigenvalue weighted by Crippen LogP contribution is -2.59. The molecule has 1 aromatic carbocycles. The molecule has 1 aromatic rings. The fraction of sp³-hybridized carbons (Fsp3) is 0.737. The van der Waals surface area contributed by atoms with Gasteiger partial charge in [0.15, 0.2) is 18.0 Å². The zero-order valence-corrected chi connectivity index (χ0v) is 35.4. The fourth-order valence-electron chi connectivity index (χ4n) is 5.17. The third-order valence-corrected chi connectivity index (χ3v) is 7.84. The third-order valence-electron chi connectivity index (χ3n) is 7.84. The average Bonchev–Trinajstić information content (AvgIpc) is 3.21. The summed E-state index contributed by atoms with van der Waals surface area (Å²) in [7, 11) is 3.02. The van der Waals surface area contributed by atoms with E-state index in [1.54, 1.807) is 7.11 Å². The Morgan fingerprint density at radius 1 is 0.672 bits per heavy atom. The lowest BCUT2D eigenvalue weighted by Gasteiger charge is -2.39. The van der Waals surface area contributed by atoms with E-state index in [9.17, 15) is 29.3 Å². The van der Waals surface area contributed by atoms with Gasteiger partial charge in [0.1, 0.15) is 13.3 Å². The molecule has 1 aliphatic rings. The summed E-state index contributed by atoms with van der Waals surface area (Å²) in [4.78, 5) is 60.9. The van der Waals surface area contributed by atoms with E-state index in [0.717, 1.165) is 26.8 Å². The van der Waals surface area contributed by atoms with Crippen LogP contribution in [0.15, 0.2) is 18.2 Å². The molecule has 0 bridgehead atoms. The highest BCUT2D eigenvalue weighted by atomic mass is 16.7. The van der Waals surface area contributed by atoms with E-state index in [0.29, 0.717) is 85.9 Å². The molecule has 4 atom stereocenters. The molecule has 61 heavy (non-hydrogen) atoms. The Labute approximate surface area is 354 Å². The van der Waals surface area contributed by atoms with Crippen molar-refractivity contribution in [3.8, 4) is 5.75 Å². The van der Waals surface area contributed by atoms with Crippen LogP contribution in [-0.4, -0.2) is 192 Å². The normalized spacial score (nSPS) is 17.3. The predicted octanol–water partition coefficient (Wildman–Crippen LogP) is 1.43. The van der Waals surface area contributed by atoms with Gasteiger partial charge >= 0.3 is 29.7 Å². The summed E-state index contributed by atoms with van der Waals surface area (Å²) in [5, 5.41) is 12.1. The van der Waals surface area contributed by atoms with Crippen molar-refractivity contribution < 1.29 is 95.2 Å². The summed E-state index contributed by atoms with van der Waals surface area (Å²) >= 11 is 0. The van der Waals surface area contributed by atoms with Crippen molar-refractivity contribution >= 4 is 29.7 Å². The molecular formula is C38H60N2O21. The van der Waals surface area contributed by atoms with Crippen molar-refractivity contribution in [2.45, 2.75) is 52.0 Å². The van der Waals surface area contributed by atoms with Crippen molar-refractivity contribution in [3.05, 3.63) is 33.9 Å². The molecule has 1 fully saturated rings. The number of nitro groups is 1. The molecule has 0 N–H and O–H groups in total. The first-order valence-corrected chi connectivity index (χ1v) is 19.5. The fourth-order valence-corrected chi connectivity index (χ4v) is 5.17. The number of ether oxygens (including phenoxy) is 15. The second kappa shape index (κ2) is 32.4. The number of hydrogen-bond donors (Lipinski definition) is 0. The molecular weight excluding hydrogens is 820 g/mol. The third kappa shape index (κ3) is 23.5. The highest BCUT2D eigenvalue weighted by Gasteiger charge is 2.48. The molecule has 23 nitrogen and oxygen atoms in total. The number of nitro benzene ring substituents is 1. The Balaban J connectivity index is 1.68. The molecule has 0 saturated carbocycles. The van der Waals surface area contributed by atoms with Crippen molar-refractivity contribution in [1.29, 1.82) is 0 Å². The maximum atomic E-state index is 12.9. The number of methoxy groups -OCH3 is 2. The largest absolute Gasteiger partial charge is 0.456 e. The van der Waals surface area contributed by atoms with Gasteiger partial charge in [-0.05, 0) is 11.6 Å². The number of esters is 3. The highest BCUT2D eigenvalue weighted by molar-refractivity contribution is 5.68. The number of nitrogens with zero attached hydrogens (tertiary/aromatic N) is 2. The Morgan fingerprint density at radius 2 is 1.15 bits per heavy atom. The zero-order valence-electron chi connectivity index (χ0n) is 35.4. The number of carbonyl (C=O) groups is 4. The minimum absolute atomic E-state index is 0.112. The average molecular weight is 881 g/mol. The summed E-state index contributed by atoms with van der Waals surface area (Å²) in [5.41, 5.74) is -0.301. The molecule has 23 heteroatoms. The van der Waals surface area contributed by atoms with Crippen LogP contribution >= 0.6 is 0 Å². The summed E-state index contributed by atoms with van der Waals surface area (Å²) in [6, 6.07) is 3.77. The Morgan fingerprint density at radius 3 is 1.61 bits per heavy atom. The number of hydrogen-bond acceptors (Lipinski definition) is 21. The molecule has 348 valence electrons. The minimum atomic E-state index is -1.51. The van der Waals surface area contributed by atoms with Gasteiger partial charge in [0.05, 0.1) is 111 Å². The lowest BCUT2D eigenvalue weighted by atomic mass is 10.0. The summed E-state index contributed by atoms with van der Waals surface area (Å²) in [6.07, 6.45) is -6.27. The molecule has 1 heterocycles. The quantitative estimate of drug-likeness (QED) is 0.0237. The van der Waals surface area contributed by atoms with Crippen LogP contribution in [0.5, 0.6) is 5.75 Å². The van der Waals surface area contributed by atoms with Crippen molar-refractivity contribution in [2.24, 2.45) is 0 Å². The van der Waals surface area contributed by atoms with E-state index in [2.05, 4.69) is 0 Å². The summed E-state index contributed by atoms with van der Waals surface area (Å²) in [5.74, 6) is -2.62. The number of carbonyl (C=O) groups excluding carboxylic acids is 4. The Bertz CT molecular complexity index is 1420. The molecule has 1 saturated heterocycles. The van der Waals surface area contributed by atoms with E-state index in [-0.39, 0.29) is 51.0 Å². The van der Waals surface area contributed by atoms with Crippen LogP contribution in [0.25, 0.3) is 0 Å². The second-order valence-corrected chi connectivity index (χ2v) is 12.7. The molecule has 1 amide bonds. The minimum Gasteiger partial charge on any atom is -0.456 e. The van der Waals surface area contributed by atoms with Gasteiger partial charge in [-0.2, -0.15) is 0 Å². The van der Waals surface area contributed by atoms with Gasteiger partial charge in [-0.3, -0.25) is 29.4 Å². The summed E-state index contributed by atoms with van der Waals surface area (Å²) in [6.45, 7) is 8.83. The van der Waals surface area contributed by atoms with E-state index >= 15 is 0 Å². The molecule has 0 radical (unpaired) electrons. The molecule has 0 spiro atoms. The first-order valence-electron chi connectivity index (χ1n) is 19.5. The lowest BCUT2D eigenvalue weighted by molar-refractivity contribution is -0.386. The number of amides is 1. The SMILES string of the molecule is COCCOCCOCCOCCOCCOCCOCCOCCN(COC)C(=O)OCc1ccc(OC2OCC(OC(C)=O)C(OC(C)=O)C2OC(C)=O)c([N+](=O)[O-])c1. The van der Waals surface area contributed by atoms with Crippen LogP contribution in [0, 0.1) is 10.1 Å². The number of rotatable bonds is 34. The standard InChI is InChI=1S/C38H60N2O21/c1-28(41)58-34-26-56-37(36(60-30(3)43)35(34)59-29(2)42)61-33-7-6-31(24-32(33)40(45)46)25-57-38(44)39(27-48-5)8-9-49-12-13-51-16-17-53-20-21-55-23-22-54-19-18-52-15-14-50-11-10-47-4/h6-7,24,34-37H,8-23,25-27H2,1-5H3. The van der Waals surface area contributed by atoms with Crippen LogP contribution < -0.4 is 4.74 Å². The first kappa shape index (κ1) is 52.8. The topological polar surface area (TPSA) is 253 Å². The predicted molar refractivity (Wildman–Crippen MR) is 207 cm³/mol. The smallest absolute Gasteiger partial charge is 0.412 e. The van der Waals surface area contributed by atoms with Crippen LogP contribution in [0.2, 0.25) is 0 Å². The van der Waals surface area contributed by atoms with E-state index < -0.39 is 59.2 Å². The van der Waals surface area contributed by atoms with E-state index in [1.165, 1.54) is 24.1 Å². The Hall–Kier alpha value is -4.30. The summed E-state index contributed by atoms with van der Waals surface area (Å²) < 4.78 is 80.6. The van der Waals surface area contributed by atoms with Crippen LogP contribution in [0.1, 0.15) is 26.3 Å². The van der Waals surface area contributed by atoms with E-state index in [1.807, 2.05) is 0 Å². The molecule has 4 unspecified atom stereocenters. The second-order valence-electron chi connectivity index (χ2n) is 12.7. The maximum absolute atomic E-state index is 12.9. The van der Waals surface area contributed by atoms with Crippen molar-refractivity contribution in [3.63, 3.8) is 0 Å². The van der Waals surface area contributed by atoms with Crippen molar-refractivity contribution in [1.82, 2.24) is 4.90 Å². The molecule has 0 aromatic heterocycles. The van der Waals surface area contributed by atoms with Gasteiger partial charge in [-0.15, -0.1) is 0 Å². The highest BCUT2D eigenvalue weighted by Crippen LogP contribution is 2.33. The molecule has 2 rings (SSSR count). The Kier molecular flexibility index (Phi) is 28.1.